The largest absolute Gasteiger partial charge is 0.468 e. The average molecular weight is 317 g/mol. The Hall–Kier alpha value is -1.60. The summed E-state index contributed by atoms with van der Waals surface area (Å²) in [5.41, 5.74) is 5.57. The second kappa shape index (κ2) is 8.63. The van der Waals surface area contributed by atoms with Crippen LogP contribution in [0.15, 0.2) is 11.0 Å². The van der Waals surface area contributed by atoms with Gasteiger partial charge >= 0.3 is 5.97 Å². The van der Waals surface area contributed by atoms with Crippen molar-refractivity contribution in [1.29, 1.82) is 0 Å². The number of methoxy groups -OCH3 is 1. The Morgan fingerprint density at radius 2 is 2.33 bits per heavy atom. The first-order valence-corrected chi connectivity index (χ1v) is 7.20. The smallest absolute Gasteiger partial charge is 0.327 e. The van der Waals surface area contributed by atoms with Crippen LogP contribution in [0.1, 0.15) is 26.2 Å². The van der Waals surface area contributed by atoms with Gasteiger partial charge in [0.1, 0.15) is 11.6 Å². The second-order valence-corrected chi connectivity index (χ2v) is 5.01. The molecule has 1 unspecified atom stereocenters. The van der Waals surface area contributed by atoms with Gasteiger partial charge in [0.25, 0.3) is 5.56 Å². The van der Waals surface area contributed by atoms with Crippen molar-refractivity contribution >= 4 is 23.3 Å². The van der Waals surface area contributed by atoms with Gasteiger partial charge in [0, 0.05) is 12.6 Å². The minimum absolute atomic E-state index is 0.0103. The molecule has 0 saturated heterocycles. The monoisotopic (exact) mass is 316 g/mol. The molecular formula is C13H21ClN4O3. The molecule has 0 aliphatic rings. The lowest BCUT2D eigenvalue weighted by Crippen LogP contribution is -2.32. The van der Waals surface area contributed by atoms with Crippen LogP contribution in [0.2, 0.25) is 5.02 Å². The van der Waals surface area contributed by atoms with Gasteiger partial charge in [0.15, 0.2) is 0 Å². The molecule has 0 aromatic carbocycles. The molecule has 0 bridgehead atoms. The fourth-order valence-corrected chi connectivity index (χ4v) is 1.99. The topological polar surface area (TPSA) is 99.2 Å². The highest BCUT2D eigenvalue weighted by molar-refractivity contribution is 6.32. The highest BCUT2D eigenvalue weighted by atomic mass is 35.5. The van der Waals surface area contributed by atoms with Gasteiger partial charge in [-0.05, 0) is 6.42 Å². The van der Waals surface area contributed by atoms with Gasteiger partial charge in [-0.15, -0.1) is 0 Å². The Morgan fingerprint density at radius 1 is 1.62 bits per heavy atom. The fourth-order valence-electron chi connectivity index (χ4n) is 1.78. The van der Waals surface area contributed by atoms with E-state index in [1.807, 2.05) is 0 Å². The number of aromatic nitrogens is 2. The number of carbonyl (C=O) groups excluding carboxylic acids is 1. The summed E-state index contributed by atoms with van der Waals surface area (Å²) in [7, 11) is 1.24. The third kappa shape index (κ3) is 5.02. The summed E-state index contributed by atoms with van der Waals surface area (Å²) in [4.78, 5) is 23.2. The van der Waals surface area contributed by atoms with Crippen molar-refractivity contribution in [3.8, 4) is 0 Å². The molecule has 7 nitrogen and oxygen atoms in total. The van der Waals surface area contributed by atoms with Crippen molar-refractivity contribution in [2.45, 2.75) is 38.8 Å². The Labute approximate surface area is 128 Å². The number of unbranched alkanes of at least 4 members (excludes halogenated alkanes) is 1. The first kappa shape index (κ1) is 17.5. The molecule has 3 N–H and O–H groups in total. The normalized spacial score (nSPS) is 12.0. The summed E-state index contributed by atoms with van der Waals surface area (Å²) >= 11 is 6.03. The number of nitrogens with one attached hydrogen (secondary N) is 1. The Balaban J connectivity index is 2.88. The van der Waals surface area contributed by atoms with Crippen LogP contribution in [0, 0.1) is 0 Å². The molecule has 1 aromatic rings. The summed E-state index contributed by atoms with van der Waals surface area (Å²) in [5.74, 6) is -0.566. The molecule has 1 rings (SSSR count). The zero-order chi connectivity index (χ0) is 15.8. The SMILES string of the molecule is CCCCC(CN)Nc1cnn(CC(=O)OC)c(=O)c1Cl. The van der Waals surface area contributed by atoms with Crippen molar-refractivity contribution in [3.63, 3.8) is 0 Å². The maximum Gasteiger partial charge on any atom is 0.327 e. The Morgan fingerprint density at radius 3 is 2.90 bits per heavy atom. The van der Waals surface area contributed by atoms with E-state index in [0.717, 1.165) is 23.9 Å². The molecule has 8 heteroatoms. The molecule has 0 radical (unpaired) electrons. The van der Waals surface area contributed by atoms with Crippen LogP contribution in [-0.4, -0.2) is 35.4 Å². The van der Waals surface area contributed by atoms with Gasteiger partial charge in [-0.2, -0.15) is 5.10 Å². The molecule has 1 heterocycles. The summed E-state index contributed by atoms with van der Waals surface area (Å²) in [6, 6.07) is 0.0279. The first-order chi connectivity index (χ1) is 10.0. The third-order valence-electron chi connectivity index (χ3n) is 3.04. The van der Waals surface area contributed by atoms with Crippen LogP contribution >= 0.6 is 11.6 Å². The summed E-state index contributed by atoms with van der Waals surface area (Å²) in [5, 5.41) is 7.02. The number of esters is 1. The van der Waals surface area contributed by atoms with Crippen LogP contribution in [0.3, 0.4) is 0 Å². The predicted molar refractivity (Wildman–Crippen MR) is 81.5 cm³/mol. The molecule has 0 aliphatic heterocycles. The number of ether oxygens (including phenoxy) is 1. The van der Waals surface area contributed by atoms with Crippen molar-refractivity contribution < 1.29 is 9.53 Å². The van der Waals surface area contributed by atoms with Gasteiger partial charge < -0.3 is 15.8 Å². The van der Waals surface area contributed by atoms with Crippen LogP contribution in [0.4, 0.5) is 5.69 Å². The molecule has 1 atom stereocenters. The highest BCUT2D eigenvalue weighted by Crippen LogP contribution is 2.17. The van der Waals surface area contributed by atoms with Gasteiger partial charge in [-0.3, -0.25) is 9.59 Å². The number of carbonyl (C=O) groups is 1. The van der Waals surface area contributed by atoms with E-state index in [0.29, 0.717) is 12.2 Å². The van der Waals surface area contributed by atoms with E-state index in [1.165, 1.54) is 13.3 Å². The lowest BCUT2D eigenvalue weighted by molar-refractivity contribution is -0.141. The Bertz CT molecular complexity index is 533. The van der Waals surface area contributed by atoms with Crippen LogP contribution < -0.4 is 16.6 Å². The lowest BCUT2D eigenvalue weighted by atomic mass is 10.1. The van der Waals surface area contributed by atoms with Crippen molar-refractivity contribution in [2.24, 2.45) is 5.73 Å². The average Bonchev–Trinajstić information content (AvgIpc) is 2.50. The van der Waals surface area contributed by atoms with E-state index < -0.39 is 11.5 Å². The maximum absolute atomic E-state index is 12.0. The van der Waals surface area contributed by atoms with E-state index >= 15 is 0 Å². The van der Waals surface area contributed by atoms with Gasteiger partial charge in [0.05, 0.1) is 19.0 Å². The minimum Gasteiger partial charge on any atom is -0.468 e. The molecular weight excluding hydrogens is 296 g/mol. The molecule has 1 aromatic heterocycles. The summed E-state index contributed by atoms with van der Waals surface area (Å²) < 4.78 is 5.45. The zero-order valence-electron chi connectivity index (χ0n) is 12.3. The quantitative estimate of drug-likeness (QED) is 0.694. The zero-order valence-corrected chi connectivity index (χ0v) is 13.0. The van der Waals surface area contributed by atoms with Crippen molar-refractivity contribution in [3.05, 3.63) is 21.6 Å². The predicted octanol–water partition coefficient (Wildman–Crippen LogP) is 0.999. The van der Waals surface area contributed by atoms with E-state index in [4.69, 9.17) is 17.3 Å². The molecule has 21 heavy (non-hydrogen) atoms. The van der Waals surface area contributed by atoms with E-state index in [9.17, 15) is 9.59 Å². The molecule has 0 saturated carbocycles. The number of halogens is 1. The standard InChI is InChI=1S/C13H21ClN4O3/c1-3-4-5-9(6-15)17-10-7-16-18(8-11(19)21-2)13(20)12(10)14/h7,9,17H,3-6,8,15H2,1-2H3. The Kier molecular flexibility index (Phi) is 7.18. The van der Waals surface area contributed by atoms with Crippen LogP contribution in [0.5, 0.6) is 0 Å². The summed E-state index contributed by atoms with van der Waals surface area (Å²) in [6.45, 7) is 2.25. The highest BCUT2D eigenvalue weighted by Gasteiger charge is 2.14. The number of hydrogen-bond acceptors (Lipinski definition) is 6. The lowest BCUT2D eigenvalue weighted by Gasteiger charge is -2.18. The first-order valence-electron chi connectivity index (χ1n) is 6.82. The molecule has 0 aliphatic carbocycles. The van der Waals surface area contributed by atoms with Crippen molar-refractivity contribution in [2.75, 3.05) is 19.0 Å². The van der Waals surface area contributed by atoms with Crippen LogP contribution in [-0.2, 0) is 16.1 Å². The molecule has 118 valence electrons. The van der Waals surface area contributed by atoms with Gasteiger partial charge in [0.2, 0.25) is 0 Å². The van der Waals surface area contributed by atoms with E-state index in [1.54, 1.807) is 0 Å². The minimum atomic E-state index is -0.566. The van der Waals surface area contributed by atoms with Gasteiger partial charge in [-0.25, -0.2) is 4.68 Å². The number of anilines is 1. The second-order valence-electron chi connectivity index (χ2n) is 4.63. The van der Waals surface area contributed by atoms with E-state index in [-0.39, 0.29) is 17.6 Å². The number of nitrogens with zero attached hydrogens (tertiary/aromatic N) is 2. The maximum atomic E-state index is 12.0. The van der Waals surface area contributed by atoms with E-state index in [2.05, 4.69) is 22.1 Å². The van der Waals surface area contributed by atoms with Gasteiger partial charge in [-0.1, -0.05) is 31.4 Å². The number of nitrogens with two attached hydrogens (primary N) is 1. The number of hydrogen-bond donors (Lipinski definition) is 2. The number of rotatable bonds is 8. The third-order valence-corrected chi connectivity index (χ3v) is 3.41. The fraction of sp³-hybridized carbons (Fsp3) is 0.615. The van der Waals surface area contributed by atoms with Crippen LogP contribution in [0.25, 0.3) is 0 Å². The molecule has 0 fully saturated rings. The molecule has 0 amide bonds. The summed E-state index contributed by atoms with van der Waals surface area (Å²) in [6.07, 6.45) is 4.39. The molecule has 0 spiro atoms. The van der Waals surface area contributed by atoms with Crippen molar-refractivity contribution in [1.82, 2.24) is 9.78 Å².